The quantitative estimate of drug-likeness (QED) is 0.254. The fourth-order valence-corrected chi connectivity index (χ4v) is 2.70. The fraction of sp³-hybridized carbons (Fsp3) is 0.476. The summed E-state index contributed by atoms with van der Waals surface area (Å²) in [7, 11) is 0. The summed E-state index contributed by atoms with van der Waals surface area (Å²) < 4.78 is 0. The van der Waals surface area contributed by atoms with Gasteiger partial charge >= 0.3 is 5.97 Å². The number of benzene rings is 1. The van der Waals surface area contributed by atoms with Crippen molar-refractivity contribution in [2.24, 2.45) is 0 Å². The van der Waals surface area contributed by atoms with Crippen LogP contribution in [0.3, 0.4) is 0 Å². The van der Waals surface area contributed by atoms with Gasteiger partial charge in [0.15, 0.2) is 0 Å². The van der Waals surface area contributed by atoms with Crippen LogP contribution in [0.15, 0.2) is 30.3 Å². The molecule has 0 bridgehead atoms. The van der Waals surface area contributed by atoms with Crippen LogP contribution < -0.4 is 21.3 Å². The van der Waals surface area contributed by atoms with Crippen LogP contribution in [0, 0.1) is 0 Å². The first kappa shape index (κ1) is 25.6. The summed E-state index contributed by atoms with van der Waals surface area (Å²) in [5, 5.41) is 18.6. The summed E-state index contributed by atoms with van der Waals surface area (Å²) in [6.07, 6.45) is 2.26. The van der Waals surface area contributed by atoms with E-state index in [0.717, 1.165) is 5.56 Å². The number of carbonyl (C=O) groups is 5. The molecule has 5 N–H and O–H groups in total. The van der Waals surface area contributed by atoms with Crippen molar-refractivity contribution in [3.63, 3.8) is 0 Å². The number of hydrogen-bond acceptors (Lipinski definition) is 5. The molecule has 0 radical (unpaired) electrons. The molecule has 31 heavy (non-hydrogen) atoms. The molecule has 1 aromatic rings. The molecule has 1 aromatic carbocycles. The minimum atomic E-state index is -0.845. The second-order valence-corrected chi connectivity index (χ2v) is 6.99. The Morgan fingerprint density at radius 1 is 0.871 bits per heavy atom. The maximum absolute atomic E-state index is 12.4. The predicted molar refractivity (Wildman–Crippen MR) is 113 cm³/mol. The van der Waals surface area contributed by atoms with Gasteiger partial charge in [-0.25, -0.2) is 0 Å². The molecular formula is C21H30N4O6. The Bertz CT molecular complexity index is 753. The normalized spacial score (nSPS) is 11.1. The van der Waals surface area contributed by atoms with Crippen LogP contribution in [0.5, 0.6) is 0 Å². The highest BCUT2D eigenvalue weighted by molar-refractivity contribution is 5.91. The molecule has 1 rings (SSSR count). The SMILES string of the molecule is CC(=O)N[C@@H](Cc1ccccc1)C(=O)NCC(=O)NCC(=O)NCCCCCC(=O)O. The van der Waals surface area contributed by atoms with Crippen molar-refractivity contribution in [1.29, 1.82) is 0 Å². The monoisotopic (exact) mass is 434 g/mol. The average molecular weight is 434 g/mol. The van der Waals surface area contributed by atoms with Gasteiger partial charge in [-0.05, 0) is 18.4 Å². The third kappa shape index (κ3) is 12.7. The number of carboxylic acid groups (broad SMARTS) is 1. The summed E-state index contributed by atoms with van der Waals surface area (Å²) in [4.78, 5) is 57.8. The summed E-state index contributed by atoms with van der Waals surface area (Å²) in [5.41, 5.74) is 0.862. The first-order chi connectivity index (χ1) is 14.8. The molecule has 0 aromatic heterocycles. The van der Waals surface area contributed by atoms with Crippen molar-refractivity contribution in [2.75, 3.05) is 19.6 Å². The number of nitrogens with one attached hydrogen (secondary N) is 4. The van der Waals surface area contributed by atoms with Gasteiger partial charge in [-0.1, -0.05) is 36.8 Å². The van der Waals surface area contributed by atoms with Gasteiger partial charge in [0.25, 0.3) is 0 Å². The standard InChI is InChI=1S/C21H30N4O6/c1-15(26)25-17(12-16-8-4-2-5-9-16)21(31)24-14-19(28)23-13-18(27)22-11-7-3-6-10-20(29)30/h2,4-5,8-9,17H,3,6-7,10-14H2,1H3,(H,22,27)(H,23,28)(H,24,31)(H,25,26)(H,29,30)/t17-/m0/s1. The molecule has 0 saturated carbocycles. The molecule has 0 saturated heterocycles. The molecule has 0 spiro atoms. The lowest BCUT2D eigenvalue weighted by molar-refractivity contribution is -0.137. The zero-order valence-electron chi connectivity index (χ0n) is 17.6. The van der Waals surface area contributed by atoms with Gasteiger partial charge < -0.3 is 26.4 Å². The Balaban J connectivity index is 2.29. The molecule has 1 atom stereocenters. The van der Waals surface area contributed by atoms with E-state index in [1.807, 2.05) is 30.3 Å². The van der Waals surface area contributed by atoms with Crippen LogP contribution in [-0.2, 0) is 30.4 Å². The lowest BCUT2D eigenvalue weighted by Gasteiger charge is -2.17. The van der Waals surface area contributed by atoms with Crippen LogP contribution in [0.25, 0.3) is 0 Å². The maximum atomic E-state index is 12.4. The summed E-state index contributed by atoms with van der Waals surface area (Å²) in [5.74, 6) is -2.62. The number of unbranched alkanes of at least 4 members (excludes halogenated alkanes) is 2. The van der Waals surface area contributed by atoms with Crippen molar-refractivity contribution >= 4 is 29.6 Å². The summed E-state index contributed by atoms with van der Waals surface area (Å²) >= 11 is 0. The average Bonchev–Trinajstić information content (AvgIpc) is 2.72. The van der Waals surface area contributed by atoms with Crippen LogP contribution in [0.1, 0.15) is 38.2 Å². The second kappa shape index (κ2) is 14.5. The van der Waals surface area contributed by atoms with Gasteiger partial charge in [0.05, 0.1) is 13.1 Å². The molecule has 0 aliphatic heterocycles. The highest BCUT2D eigenvalue weighted by atomic mass is 16.4. The van der Waals surface area contributed by atoms with E-state index >= 15 is 0 Å². The van der Waals surface area contributed by atoms with Gasteiger partial charge in [0.2, 0.25) is 23.6 Å². The molecule has 0 heterocycles. The second-order valence-electron chi connectivity index (χ2n) is 6.99. The minimum absolute atomic E-state index is 0.101. The van der Waals surface area contributed by atoms with E-state index in [9.17, 15) is 24.0 Å². The summed E-state index contributed by atoms with van der Waals surface area (Å²) in [6, 6.07) is 8.34. The van der Waals surface area contributed by atoms with E-state index in [1.165, 1.54) is 6.92 Å². The third-order valence-electron chi connectivity index (χ3n) is 4.24. The minimum Gasteiger partial charge on any atom is -0.481 e. The fourth-order valence-electron chi connectivity index (χ4n) is 2.70. The molecule has 10 nitrogen and oxygen atoms in total. The van der Waals surface area contributed by atoms with Gasteiger partial charge in [0, 0.05) is 26.3 Å². The van der Waals surface area contributed by atoms with Crippen molar-refractivity contribution < 1.29 is 29.1 Å². The Morgan fingerprint density at radius 3 is 2.16 bits per heavy atom. The highest BCUT2D eigenvalue weighted by Crippen LogP contribution is 2.03. The van der Waals surface area contributed by atoms with Crippen LogP contribution in [0.2, 0.25) is 0 Å². The lowest BCUT2D eigenvalue weighted by atomic mass is 10.1. The predicted octanol–water partition coefficient (Wildman–Crippen LogP) is -0.273. The number of amides is 4. The largest absolute Gasteiger partial charge is 0.481 e. The number of hydrogen-bond donors (Lipinski definition) is 5. The Hall–Kier alpha value is -3.43. The van der Waals surface area contributed by atoms with E-state index in [2.05, 4.69) is 21.3 Å². The van der Waals surface area contributed by atoms with Crippen LogP contribution in [-0.4, -0.2) is 60.4 Å². The first-order valence-electron chi connectivity index (χ1n) is 10.1. The summed E-state index contributed by atoms with van der Waals surface area (Å²) in [6.45, 7) is 1.14. The zero-order valence-corrected chi connectivity index (χ0v) is 17.6. The highest BCUT2D eigenvalue weighted by Gasteiger charge is 2.20. The maximum Gasteiger partial charge on any atom is 0.303 e. The van der Waals surface area contributed by atoms with Gasteiger partial charge in [-0.3, -0.25) is 24.0 Å². The number of carbonyl (C=O) groups excluding carboxylic acids is 4. The van der Waals surface area contributed by atoms with E-state index in [4.69, 9.17) is 5.11 Å². The van der Waals surface area contributed by atoms with Crippen LogP contribution in [0.4, 0.5) is 0 Å². The molecule has 0 aliphatic carbocycles. The zero-order chi connectivity index (χ0) is 23.1. The number of carboxylic acids is 1. The smallest absolute Gasteiger partial charge is 0.303 e. The van der Waals surface area contributed by atoms with E-state index in [-0.39, 0.29) is 37.7 Å². The lowest BCUT2D eigenvalue weighted by Crippen LogP contribution is -2.50. The topological polar surface area (TPSA) is 154 Å². The molecular weight excluding hydrogens is 404 g/mol. The van der Waals surface area contributed by atoms with Crippen molar-refractivity contribution in [2.45, 2.75) is 45.1 Å². The molecule has 0 aliphatic rings. The molecule has 0 fully saturated rings. The number of rotatable bonds is 14. The molecule has 170 valence electrons. The van der Waals surface area contributed by atoms with Gasteiger partial charge in [0.1, 0.15) is 6.04 Å². The Labute approximate surface area is 181 Å². The molecule has 0 unspecified atom stereocenters. The van der Waals surface area contributed by atoms with Gasteiger partial charge in [-0.2, -0.15) is 0 Å². The van der Waals surface area contributed by atoms with E-state index in [0.29, 0.717) is 25.8 Å². The number of aliphatic carboxylic acids is 1. The van der Waals surface area contributed by atoms with Gasteiger partial charge in [-0.15, -0.1) is 0 Å². The molecule has 10 heteroatoms. The van der Waals surface area contributed by atoms with Crippen molar-refractivity contribution in [1.82, 2.24) is 21.3 Å². The van der Waals surface area contributed by atoms with Crippen LogP contribution >= 0.6 is 0 Å². The molecule has 4 amide bonds. The Morgan fingerprint density at radius 2 is 1.52 bits per heavy atom. The van der Waals surface area contributed by atoms with Crippen molar-refractivity contribution in [3.05, 3.63) is 35.9 Å². The van der Waals surface area contributed by atoms with E-state index < -0.39 is 23.8 Å². The first-order valence-corrected chi connectivity index (χ1v) is 10.1. The van der Waals surface area contributed by atoms with E-state index in [1.54, 1.807) is 0 Å². The Kier molecular flexibility index (Phi) is 12.0. The third-order valence-corrected chi connectivity index (χ3v) is 4.24. The van der Waals surface area contributed by atoms with Crippen molar-refractivity contribution in [3.8, 4) is 0 Å².